The van der Waals surface area contributed by atoms with E-state index in [1.807, 2.05) is 29.2 Å². The van der Waals surface area contributed by atoms with E-state index in [0.29, 0.717) is 5.92 Å². The minimum absolute atomic E-state index is 0.152. The molecular weight excluding hydrogens is 327 g/mol. The summed E-state index contributed by atoms with van der Waals surface area (Å²) in [6.45, 7) is 2.42. The molecule has 0 aromatic heterocycles. The van der Waals surface area contributed by atoms with Crippen LogP contribution in [0.1, 0.15) is 23.2 Å². The monoisotopic (exact) mass is 344 g/mol. The standard InChI is InChI=1S/C13H17IN2O/c14-12-3-1-2-11(8-12)13(17)16-6-4-10(9-15)5-7-16/h1-3,8,10H,4-7,9,15H2. The van der Waals surface area contributed by atoms with Gasteiger partial charge in [-0.1, -0.05) is 6.07 Å². The Hall–Kier alpha value is -0.620. The third-order valence-electron chi connectivity index (χ3n) is 3.31. The maximum absolute atomic E-state index is 12.2. The molecule has 1 aliphatic rings. The Labute approximate surface area is 116 Å². The van der Waals surface area contributed by atoms with Crippen LogP contribution in [0, 0.1) is 9.49 Å². The third kappa shape index (κ3) is 3.19. The van der Waals surface area contributed by atoms with Crippen LogP contribution in [0.15, 0.2) is 24.3 Å². The second kappa shape index (κ2) is 5.82. The van der Waals surface area contributed by atoms with E-state index >= 15 is 0 Å². The van der Waals surface area contributed by atoms with Gasteiger partial charge in [0.05, 0.1) is 0 Å². The zero-order valence-electron chi connectivity index (χ0n) is 9.73. The van der Waals surface area contributed by atoms with Crippen molar-refractivity contribution in [1.29, 1.82) is 0 Å². The molecule has 1 heterocycles. The maximum atomic E-state index is 12.2. The second-order valence-electron chi connectivity index (χ2n) is 4.48. The highest BCUT2D eigenvalue weighted by Gasteiger charge is 2.22. The Kier molecular flexibility index (Phi) is 4.39. The number of amides is 1. The van der Waals surface area contributed by atoms with Gasteiger partial charge in [0.2, 0.25) is 0 Å². The fourth-order valence-corrected chi connectivity index (χ4v) is 2.72. The first kappa shape index (κ1) is 12.8. The minimum atomic E-state index is 0.152. The van der Waals surface area contributed by atoms with Crippen molar-refractivity contribution >= 4 is 28.5 Å². The van der Waals surface area contributed by atoms with E-state index in [2.05, 4.69) is 22.6 Å². The number of carbonyl (C=O) groups excluding carboxylic acids is 1. The summed E-state index contributed by atoms with van der Waals surface area (Å²) in [6, 6.07) is 7.76. The molecule has 17 heavy (non-hydrogen) atoms. The van der Waals surface area contributed by atoms with Crippen LogP contribution in [0.4, 0.5) is 0 Å². The molecule has 1 fully saturated rings. The minimum Gasteiger partial charge on any atom is -0.339 e. The average Bonchev–Trinajstić information content (AvgIpc) is 2.38. The number of hydrogen-bond acceptors (Lipinski definition) is 2. The van der Waals surface area contributed by atoms with Gasteiger partial charge in [-0.3, -0.25) is 4.79 Å². The van der Waals surface area contributed by atoms with Crippen LogP contribution in [0.25, 0.3) is 0 Å². The lowest BCUT2D eigenvalue weighted by Gasteiger charge is -2.31. The predicted molar refractivity (Wildman–Crippen MR) is 76.8 cm³/mol. The van der Waals surface area contributed by atoms with Crippen LogP contribution in [-0.4, -0.2) is 30.4 Å². The second-order valence-corrected chi connectivity index (χ2v) is 5.73. The van der Waals surface area contributed by atoms with Crippen LogP contribution in [0.5, 0.6) is 0 Å². The molecule has 1 aliphatic heterocycles. The van der Waals surface area contributed by atoms with Crippen LogP contribution >= 0.6 is 22.6 Å². The highest BCUT2D eigenvalue weighted by atomic mass is 127. The van der Waals surface area contributed by atoms with Gasteiger partial charge >= 0.3 is 0 Å². The van der Waals surface area contributed by atoms with Gasteiger partial charge in [0.25, 0.3) is 5.91 Å². The quantitative estimate of drug-likeness (QED) is 0.836. The smallest absolute Gasteiger partial charge is 0.253 e. The number of nitrogens with zero attached hydrogens (tertiary/aromatic N) is 1. The van der Waals surface area contributed by atoms with Gasteiger partial charge in [0, 0.05) is 22.2 Å². The molecule has 2 N–H and O–H groups in total. The summed E-state index contributed by atoms with van der Waals surface area (Å²) >= 11 is 2.23. The van der Waals surface area contributed by atoms with E-state index in [1.165, 1.54) is 0 Å². The number of halogens is 1. The van der Waals surface area contributed by atoms with Crippen molar-refractivity contribution in [1.82, 2.24) is 4.90 Å². The first-order valence-electron chi connectivity index (χ1n) is 5.95. The van der Waals surface area contributed by atoms with Crippen molar-refractivity contribution in [3.05, 3.63) is 33.4 Å². The van der Waals surface area contributed by atoms with Crippen molar-refractivity contribution in [2.24, 2.45) is 11.7 Å². The molecule has 0 radical (unpaired) electrons. The largest absolute Gasteiger partial charge is 0.339 e. The topological polar surface area (TPSA) is 46.3 Å². The van der Waals surface area contributed by atoms with Gasteiger partial charge in [0.1, 0.15) is 0 Å². The normalized spacial score (nSPS) is 17.2. The summed E-state index contributed by atoms with van der Waals surface area (Å²) in [4.78, 5) is 14.2. The molecule has 0 saturated carbocycles. The Balaban J connectivity index is 2.02. The summed E-state index contributed by atoms with van der Waals surface area (Å²) in [5, 5.41) is 0. The zero-order valence-corrected chi connectivity index (χ0v) is 11.9. The van der Waals surface area contributed by atoms with E-state index in [9.17, 15) is 4.79 Å². The van der Waals surface area contributed by atoms with Crippen LogP contribution in [0.2, 0.25) is 0 Å². The molecule has 4 heteroatoms. The van der Waals surface area contributed by atoms with E-state index < -0.39 is 0 Å². The molecule has 2 rings (SSSR count). The first-order valence-corrected chi connectivity index (χ1v) is 7.03. The number of piperidine rings is 1. The number of likely N-dealkylation sites (tertiary alicyclic amines) is 1. The van der Waals surface area contributed by atoms with Crippen molar-refractivity contribution in [2.45, 2.75) is 12.8 Å². The van der Waals surface area contributed by atoms with Crippen LogP contribution in [-0.2, 0) is 0 Å². The van der Waals surface area contributed by atoms with Crippen LogP contribution in [0.3, 0.4) is 0 Å². The molecule has 0 spiro atoms. The van der Waals surface area contributed by atoms with Crippen molar-refractivity contribution in [2.75, 3.05) is 19.6 Å². The maximum Gasteiger partial charge on any atom is 0.253 e. The van der Waals surface area contributed by atoms with Gasteiger partial charge in [-0.15, -0.1) is 0 Å². The highest BCUT2D eigenvalue weighted by molar-refractivity contribution is 14.1. The molecule has 1 saturated heterocycles. The van der Waals surface area contributed by atoms with Gasteiger partial charge in [-0.25, -0.2) is 0 Å². The number of rotatable bonds is 2. The van der Waals surface area contributed by atoms with E-state index in [4.69, 9.17) is 5.73 Å². The van der Waals surface area contributed by atoms with Gasteiger partial charge < -0.3 is 10.6 Å². The Morgan fingerprint density at radius 1 is 1.41 bits per heavy atom. The van der Waals surface area contributed by atoms with E-state index in [0.717, 1.165) is 41.6 Å². The lowest BCUT2D eigenvalue weighted by Crippen LogP contribution is -2.40. The number of carbonyl (C=O) groups is 1. The summed E-state index contributed by atoms with van der Waals surface area (Å²) < 4.78 is 1.10. The first-order chi connectivity index (χ1) is 8.20. The molecule has 1 amide bonds. The van der Waals surface area contributed by atoms with Gasteiger partial charge in [-0.2, -0.15) is 0 Å². The Bertz CT molecular complexity index is 400. The molecule has 3 nitrogen and oxygen atoms in total. The highest BCUT2D eigenvalue weighted by Crippen LogP contribution is 2.18. The van der Waals surface area contributed by atoms with E-state index in [1.54, 1.807) is 0 Å². The Morgan fingerprint density at radius 3 is 2.71 bits per heavy atom. The van der Waals surface area contributed by atoms with E-state index in [-0.39, 0.29) is 5.91 Å². The van der Waals surface area contributed by atoms with Crippen molar-refractivity contribution in [3.8, 4) is 0 Å². The molecule has 1 aromatic carbocycles. The molecule has 1 aromatic rings. The molecule has 0 unspecified atom stereocenters. The average molecular weight is 344 g/mol. The predicted octanol–water partition coefficient (Wildman–Crippen LogP) is 2.10. The summed E-state index contributed by atoms with van der Waals surface area (Å²) in [6.07, 6.45) is 2.07. The number of hydrogen-bond donors (Lipinski definition) is 1. The lowest BCUT2D eigenvalue weighted by atomic mass is 9.96. The summed E-state index contributed by atoms with van der Waals surface area (Å²) in [7, 11) is 0. The fraction of sp³-hybridized carbons (Fsp3) is 0.462. The molecule has 92 valence electrons. The molecule has 0 aliphatic carbocycles. The molecule has 0 atom stereocenters. The zero-order chi connectivity index (χ0) is 12.3. The van der Waals surface area contributed by atoms with Crippen molar-refractivity contribution in [3.63, 3.8) is 0 Å². The van der Waals surface area contributed by atoms with Gasteiger partial charge in [0.15, 0.2) is 0 Å². The fourth-order valence-electron chi connectivity index (χ4n) is 2.18. The SMILES string of the molecule is NCC1CCN(C(=O)c2cccc(I)c2)CC1. The number of benzene rings is 1. The molecule has 0 bridgehead atoms. The Morgan fingerprint density at radius 2 is 2.12 bits per heavy atom. The van der Waals surface area contributed by atoms with Gasteiger partial charge in [-0.05, 0) is 66.1 Å². The third-order valence-corrected chi connectivity index (χ3v) is 3.98. The summed E-state index contributed by atoms with van der Waals surface area (Å²) in [5.74, 6) is 0.744. The number of nitrogens with two attached hydrogens (primary N) is 1. The lowest BCUT2D eigenvalue weighted by molar-refractivity contribution is 0.0693. The molecular formula is C13H17IN2O. The van der Waals surface area contributed by atoms with Crippen LogP contribution < -0.4 is 5.73 Å². The van der Waals surface area contributed by atoms with Crippen molar-refractivity contribution < 1.29 is 4.79 Å². The summed E-state index contributed by atoms with van der Waals surface area (Å²) in [5.41, 5.74) is 6.45.